The average molecular weight is 266 g/mol. The largest absolute Gasteiger partial charge is 0.306 e. The highest BCUT2D eigenvalue weighted by atomic mass is 19.2. The fraction of sp³-hybridized carbons (Fsp3) is 0.600. The van der Waals surface area contributed by atoms with Crippen LogP contribution in [0.3, 0.4) is 0 Å². The minimum atomic E-state index is -0.779. The van der Waals surface area contributed by atoms with Gasteiger partial charge in [0.1, 0.15) is 0 Å². The molecule has 0 aromatic heterocycles. The molecule has 2 heterocycles. The van der Waals surface area contributed by atoms with Crippen LogP contribution in [0.2, 0.25) is 0 Å². The summed E-state index contributed by atoms with van der Waals surface area (Å²) in [5.41, 5.74) is 0.815. The molecular formula is C15H20F2N2. The zero-order chi connectivity index (χ0) is 13.4. The Morgan fingerprint density at radius 2 is 2.05 bits per heavy atom. The van der Waals surface area contributed by atoms with Gasteiger partial charge in [-0.05, 0) is 50.4 Å². The summed E-state index contributed by atoms with van der Waals surface area (Å²) in [6.07, 6.45) is 3.68. The monoisotopic (exact) mass is 266 g/mol. The summed E-state index contributed by atoms with van der Waals surface area (Å²) in [5, 5.41) is 3.58. The summed E-state index contributed by atoms with van der Waals surface area (Å²) in [6.45, 7) is 4.39. The quantitative estimate of drug-likeness (QED) is 0.905. The molecular weight excluding hydrogens is 246 g/mol. The van der Waals surface area contributed by atoms with Crippen molar-refractivity contribution >= 4 is 0 Å². The molecule has 3 unspecified atom stereocenters. The topological polar surface area (TPSA) is 15.3 Å². The van der Waals surface area contributed by atoms with Crippen molar-refractivity contribution in [2.24, 2.45) is 0 Å². The molecule has 1 aromatic carbocycles. The second kappa shape index (κ2) is 5.17. The maximum absolute atomic E-state index is 13.3. The van der Waals surface area contributed by atoms with Gasteiger partial charge < -0.3 is 5.32 Å². The van der Waals surface area contributed by atoms with Crippen molar-refractivity contribution < 1.29 is 8.78 Å². The maximum Gasteiger partial charge on any atom is 0.159 e. The number of fused-ring (bicyclic) bond motifs is 1. The number of halogens is 2. The van der Waals surface area contributed by atoms with Crippen LogP contribution in [0.25, 0.3) is 0 Å². The van der Waals surface area contributed by atoms with E-state index in [9.17, 15) is 8.78 Å². The van der Waals surface area contributed by atoms with Gasteiger partial charge in [0.2, 0.25) is 0 Å². The van der Waals surface area contributed by atoms with Crippen molar-refractivity contribution in [1.29, 1.82) is 0 Å². The van der Waals surface area contributed by atoms with Gasteiger partial charge in [-0.25, -0.2) is 8.78 Å². The van der Waals surface area contributed by atoms with E-state index < -0.39 is 11.6 Å². The van der Waals surface area contributed by atoms with Crippen LogP contribution < -0.4 is 5.32 Å². The second-order valence-electron chi connectivity index (χ2n) is 5.70. The molecule has 0 spiro atoms. The van der Waals surface area contributed by atoms with Gasteiger partial charge in [-0.15, -0.1) is 0 Å². The summed E-state index contributed by atoms with van der Waals surface area (Å²) in [6, 6.07) is 5.34. The SMILES string of the molecule is CC(NC1CCN2CCCC12)c1ccc(F)c(F)c1. The van der Waals surface area contributed by atoms with Crippen molar-refractivity contribution in [2.45, 2.75) is 44.3 Å². The molecule has 2 fully saturated rings. The predicted octanol–water partition coefficient (Wildman–Crippen LogP) is 2.85. The van der Waals surface area contributed by atoms with Crippen molar-refractivity contribution in [3.8, 4) is 0 Å². The molecule has 1 aromatic rings. The number of benzene rings is 1. The number of hydrogen-bond acceptors (Lipinski definition) is 2. The Morgan fingerprint density at radius 1 is 1.21 bits per heavy atom. The van der Waals surface area contributed by atoms with Gasteiger partial charge in [0.05, 0.1) is 0 Å². The minimum Gasteiger partial charge on any atom is -0.306 e. The average Bonchev–Trinajstić information content (AvgIpc) is 2.97. The van der Waals surface area contributed by atoms with Crippen LogP contribution in [0.15, 0.2) is 18.2 Å². The molecule has 0 aliphatic carbocycles. The van der Waals surface area contributed by atoms with Crippen LogP contribution in [0, 0.1) is 11.6 Å². The molecule has 0 amide bonds. The van der Waals surface area contributed by atoms with E-state index in [2.05, 4.69) is 10.2 Å². The summed E-state index contributed by atoms with van der Waals surface area (Å²) in [5.74, 6) is -1.54. The van der Waals surface area contributed by atoms with E-state index in [1.165, 1.54) is 31.5 Å². The molecule has 3 rings (SSSR count). The summed E-state index contributed by atoms with van der Waals surface area (Å²) in [4.78, 5) is 2.54. The predicted molar refractivity (Wildman–Crippen MR) is 70.9 cm³/mol. The highest BCUT2D eigenvalue weighted by Crippen LogP contribution is 2.29. The molecule has 0 radical (unpaired) electrons. The molecule has 1 N–H and O–H groups in total. The normalized spacial score (nSPS) is 28.6. The molecule has 0 bridgehead atoms. The van der Waals surface area contributed by atoms with E-state index in [1.54, 1.807) is 6.07 Å². The molecule has 2 nitrogen and oxygen atoms in total. The van der Waals surface area contributed by atoms with Crippen LogP contribution in [0.5, 0.6) is 0 Å². The summed E-state index contributed by atoms with van der Waals surface area (Å²) in [7, 11) is 0. The van der Waals surface area contributed by atoms with E-state index in [0.29, 0.717) is 12.1 Å². The standard InChI is InChI=1S/C15H20F2N2/c1-10(11-4-5-12(16)13(17)9-11)18-14-6-8-19-7-2-3-15(14)19/h4-5,9-10,14-15,18H,2-3,6-8H2,1H3. The second-order valence-corrected chi connectivity index (χ2v) is 5.70. The first-order valence-corrected chi connectivity index (χ1v) is 7.10. The lowest BCUT2D eigenvalue weighted by Gasteiger charge is -2.25. The van der Waals surface area contributed by atoms with E-state index in [1.807, 2.05) is 6.92 Å². The Balaban J connectivity index is 1.67. The Morgan fingerprint density at radius 3 is 2.84 bits per heavy atom. The number of nitrogens with one attached hydrogen (secondary N) is 1. The van der Waals surface area contributed by atoms with Gasteiger partial charge in [0.25, 0.3) is 0 Å². The first-order valence-electron chi connectivity index (χ1n) is 7.10. The maximum atomic E-state index is 13.3. The summed E-state index contributed by atoms with van der Waals surface area (Å²) >= 11 is 0. The van der Waals surface area contributed by atoms with Crippen LogP contribution in [0.1, 0.15) is 37.8 Å². The third kappa shape index (κ3) is 2.51. The van der Waals surface area contributed by atoms with Gasteiger partial charge in [-0.3, -0.25) is 4.90 Å². The fourth-order valence-corrected chi connectivity index (χ4v) is 3.48. The highest BCUT2D eigenvalue weighted by Gasteiger charge is 2.37. The lowest BCUT2D eigenvalue weighted by molar-refractivity contribution is 0.291. The molecule has 104 valence electrons. The lowest BCUT2D eigenvalue weighted by Crippen LogP contribution is -2.40. The Labute approximate surface area is 112 Å². The van der Waals surface area contributed by atoms with Crippen LogP contribution in [-0.4, -0.2) is 30.1 Å². The first-order chi connectivity index (χ1) is 9.15. The zero-order valence-corrected chi connectivity index (χ0v) is 11.2. The first kappa shape index (κ1) is 13.0. The number of hydrogen-bond donors (Lipinski definition) is 1. The van der Waals surface area contributed by atoms with E-state index in [0.717, 1.165) is 18.5 Å². The van der Waals surface area contributed by atoms with Crippen molar-refractivity contribution in [1.82, 2.24) is 10.2 Å². The molecule has 4 heteroatoms. The van der Waals surface area contributed by atoms with Crippen molar-refractivity contribution in [3.63, 3.8) is 0 Å². The molecule has 2 saturated heterocycles. The summed E-state index contributed by atoms with van der Waals surface area (Å²) < 4.78 is 26.2. The fourth-order valence-electron chi connectivity index (χ4n) is 3.48. The molecule has 0 saturated carbocycles. The third-order valence-corrected chi connectivity index (χ3v) is 4.51. The lowest BCUT2D eigenvalue weighted by atomic mass is 10.0. The van der Waals surface area contributed by atoms with Gasteiger partial charge >= 0.3 is 0 Å². The molecule has 3 atom stereocenters. The van der Waals surface area contributed by atoms with Crippen molar-refractivity contribution in [2.75, 3.05) is 13.1 Å². The molecule has 2 aliphatic heterocycles. The Bertz CT molecular complexity index is 463. The van der Waals surface area contributed by atoms with E-state index >= 15 is 0 Å². The highest BCUT2D eigenvalue weighted by molar-refractivity contribution is 5.21. The molecule has 2 aliphatic rings. The third-order valence-electron chi connectivity index (χ3n) is 4.51. The van der Waals surface area contributed by atoms with Crippen LogP contribution in [-0.2, 0) is 0 Å². The smallest absolute Gasteiger partial charge is 0.159 e. The van der Waals surface area contributed by atoms with Crippen molar-refractivity contribution in [3.05, 3.63) is 35.4 Å². The Kier molecular flexibility index (Phi) is 3.54. The van der Waals surface area contributed by atoms with E-state index in [4.69, 9.17) is 0 Å². The van der Waals surface area contributed by atoms with Gasteiger partial charge in [0, 0.05) is 24.7 Å². The molecule has 19 heavy (non-hydrogen) atoms. The zero-order valence-electron chi connectivity index (χ0n) is 11.2. The number of rotatable bonds is 3. The Hall–Kier alpha value is -1.00. The minimum absolute atomic E-state index is 0.0562. The van der Waals surface area contributed by atoms with Crippen LogP contribution in [0.4, 0.5) is 8.78 Å². The van der Waals surface area contributed by atoms with Crippen LogP contribution >= 0.6 is 0 Å². The van der Waals surface area contributed by atoms with Gasteiger partial charge in [0.15, 0.2) is 11.6 Å². The van der Waals surface area contributed by atoms with Gasteiger partial charge in [-0.2, -0.15) is 0 Å². The van der Waals surface area contributed by atoms with E-state index in [-0.39, 0.29) is 6.04 Å². The number of nitrogens with zero attached hydrogens (tertiary/aromatic N) is 1. The van der Waals surface area contributed by atoms with Gasteiger partial charge in [-0.1, -0.05) is 6.07 Å².